The second-order valence-corrected chi connectivity index (χ2v) is 10.6. The average molecular weight is 454 g/mol. The summed E-state index contributed by atoms with van der Waals surface area (Å²) in [6, 6.07) is 10.9. The second kappa shape index (κ2) is 7.62. The molecule has 32 heavy (non-hydrogen) atoms. The first-order chi connectivity index (χ1) is 15.4. The van der Waals surface area contributed by atoms with E-state index < -0.39 is 21.3 Å². The fourth-order valence-electron chi connectivity index (χ4n) is 4.91. The molecule has 0 saturated heterocycles. The maximum Gasteiger partial charge on any atom is 0.266 e. The van der Waals surface area contributed by atoms with E-state index >= 15 is 0 Å². The van der Waals surface area contributed by atoms with E-state index in [-0.39, 0.29) is 4.90 Å². The lowest BCUT2D eigenvalue weighted by atomic mass is 9.63. The van der Waals surface area contributed by atoms with Crippen molar-refractivity contribution >= 4 is 27.0 Å². The molecule has 5 rings (SSSR count). The first-order valence-corrected chi connectivity index (χ1v) is 12.5. The van der Waals surface area contributed by atoms with Crippen molar-refractivity contribution in [2.45, 2.75) is 54.8 Å². The van der Waals surface area contributed by atoms with Gasteiger partial charge in [0.25, 0.3) is 10.0 Å². The predicted octanol–water partition coefficient (Wildman–Crippen LogP) is 3.78. The van der Waals surface area contributed by atoms with E-state index in [0.717, 1.165) is 24.8 Å². The van der Waals surface area contributed by atoms with Crippen LogP contribution in [-0.2, 0) is 27.3 Å². The maximum absolute atomic E-state index is 13.6. The standard InChI is InChI=1S/C24H27N3O4S/c1-27-15-25-19-8-4-9-21(22(19)27)32(29,30)26-23(28)24(12-5-13-24)18-14-17(16-6-3-7-16)10-11-20(18)31-2/h4,8-11,14-16H,3,5-7,12-13H2,1-2H3,(H,26,28). The van der Waals surface area contributed by atoms with Crippen molar-refractivity contribution in [1.29, 1.82) is 0 Å². The number of nitrogens with zero attached hydrogens (tertiary/aromatic N) is 2. The van der Waals surface area contributed by atoms with Crippen molar-refractivity contribution in [3.05, 3.63) is 53.9 Å². The predicted molar refractivity (Wildman–Crippen MR) is 121 cm³/mol. The number of hydrogen-bond acceptors (Lipinski definition) is 5. The van der Waals surface area contributed by atoms with E-state index in [1.165, 1.54) is 18.1 Å². The molecule has 0 radical (unpaired) electrons. The molecule has 0 spiro atoms. The summed E-state index contributed by atoms with van der Waals surface area (Å²) in [7, 11) is -0.761. The summed E-state index contributed by atoms with van der Waals surface area (Å²) in [5, 5.41) is 0. The van der Waals surface area contributed by atoms with Gasteiger partial charge in [0, 0.05) is 12.6 Å². The molecule has 2 saturated carbocycles. The fraction of sp³-hybridized carbons (Fsp3) is 0.417. The number of carbonyl (C=O) groups is 1. The van der Waals surface area contributed by atoms with Crippen LogP contribution in [0.25, 0.3) is 11.0 Å². The average Bonchev–Trinajstić information content (AvgIpc) is 3.07. The van der Waals surface area contributed by atoms with Crippen molar-refractivity contribution in [2.24, 2.45) is 7.05 Å². The van der Waals surface area contributed by atoms with E-state index in [2.05, 4.69) is 21.8 Å². The van der Waals surface area contributed by atoms with Crippen LogP contribution in [0.4, 0.5) is 0 Å². The quantitative estimate of drug-likeness (QED) is 0.614. The Morgan fingerprint density at radius 2 is 1.97 bits per heavy atom. The minimum absolute atomic E-state index is 0.0491. The third-order valence-corrected chi connectivity index (χ3v) is 8.54. The zero-order valence-electron chi connectivity index (χ0n) is 18.3. The molecule has 2 fully saturated rings. The third kappa shape index (κ3) is 3.20. The van der Waals surface area contributed by atoms with Crippen LogP contribution in [0, 0.1) is 0 Å². The van der Waals surface area contributed by atoms with Crippen LogP contribution in [0.2, 0.25) is 0 Å². The minimum Gasteiger partial charge on any atom is -0.496 e. The highest BCUT2D eigenvalue weighted by molar-refractivity contribution is 7.90. The largest absolute Gasteiger partial charge is 0.496 e. The summed E-state index contributed by atoms with van der Waals surface area (Å²) >= 11 is 0. The summed E-state index contributed by atoms with van der Waals surface area (Å²) in [5.41, 5.74) is 2.13. The molecule has 0 bridgehead atoms. The number of rotatable bonds is 6. The summed E-state index contributed by atoms with van der Waals surface area (Å²) in [6.45, 7) is 0. The lowest BCUT2D eigenvalue weighted by molar-refractivity contribution is -0.128. The number of methoxy groups -OCH3 is 1. The van der Waals surface area contributed by atoms with E-state index in [1.54, 1.807) is 37.2 Å². The Bertz CT molecular complexity index is 1300. The third-order valence-electron chi connectivity index (χ3n) is 7.17. The number of benzene rings is 2. The van der Waals surface area contributed by atoms with Crippen molar-refractivity contribution < 1.29 is 17.9 Å². The van der Waals surface area contributed by atoms with Crippen LogP contribution < -0.4 is 9.46 Å². The SMILES string of the molecule is COc1ccc(C2CCC2)cc1C1(C(=O)NS(=O)(=O)c2cccc3ncn(C)c23)CCC1. The van der Waals surface area contributed by atoms with Crippen LogP contribution >= 0.6 is 0 Å². The molecule has 3 aromatic rings. The van der Waals surface area contributed by atoms with Gasteiger partial charge >= 0.3 is 0 Å². The van der Waals surface area contributed by atoms with Gasteiger partial charge in [-0.25, -0.2) is 18.1 Å². The topological polar surface area (TPSA) is 90.3 Å². The number of carbonyl (C=O) groups excluding carboxylic acids is 1. The van der Waals surface area contributed by atoms with Gasteiger partial charge in [0.1, 0.15) is 10.6 Å². The van der Waals surface area contributed by atoms with Crippen molar-refractivity contribution in [3.63, 3.8) is 0 Å². The van der Waals surface area contributed by atoms with Gasteiger partial charge in [-0.3, -0.25) is 4.79 Å². The molecule has 0 aliphatic heterocycles. The molecule has 2 aromatic carbocycles. The van der Waals surface area contributed by atoms with Gasteiger partial charge in [0.15, 0.2) is 0 Å². The smallest absolute Gasteiger partial charge is 0.266 e. The number of nitrogens with one attached hydrogen (secondary N) is 1. The van der Waals surface area contributed by atoms with Crippen LogP contribution in [0.15, 0.2) is 47.6 Å². The Morgan fingerprint density at radius 1 is 1.19 bits per heavy atom. The number of amides is 1. The van der Waals surface area contributed by atoms with Crippen LogP contribution in [0.3, 0.4) is 0 Å². The molecule has 0 atom stereocenters. The molecule has 1 heterocycles. The molecule has 1 aromatic heterocycles. The first-order valence-electron chi connectivity index (χ1n) is 11.0. The number of imidazole rings is 1. The summed E-state index contributed by atoms with van der Waals surface area (Å²) in [5.74, 6) is 0.645. The number of ether oxygens (including phenoxy) is 1. The molecule has 8 heteroatoms. The van der Waals surface area contributed by atoms with Crippen molar-refractivity contribution in [3.8, 4) is 5.75 Å². The highest BCUT2D eigenvalue weighted by Gasteiger charge is 2.49. The Kier molecular flexibility index (Phi) is 5.00. The molecular weight excluding hydrogens is 426 g/mol. The number of aryl methyl sites for hydroxylation is 1. The molecule has 168 valence electrons. The second-order valence-electron chi connectivity index (χ2n) is 8.94. The summed E-state index contributed by atoms with van der Waals surface area (Å²) in [4.78, 5) is 17.8. The maximum atomic E-state index is 13.6. The number of sulfonamides is 1. The van der Waals surface area contributed by atoms with Gasteiger partial charge < -0.3 is 9.30 Å². The molecule has 1 N–H and O–H groups in total. The van der Waals surface area contributed by atoms with Crippen molar-refractivity contribution in [1.82, 2.24) is 14.3 Å². The molecule has 2 aliphatic carbocycles. The van der Waals surface area contributed by atoms with E-state index in [1.807, 2.05) is 6.07 Å². The highest BCUT2D eigenvalue weighted by atomic mass is 32.2. The number of aromatic nitrogens is 2. The highest BCUT2D eigenvalue weighted by Crippen LogP contribution is 2.49. The molecule has 7 nitrogen and oxygen atoms in total. The van der Waals surface area contributed by atoms with E-state index in [0.29, 0.717) is 35.5 Å². The number of fused-ring (bicyclic) bond motifs is 1. The lowest BCUT2D eigenvalue weighted by Crippen LogP contribution is -2.51. The molecule has 0 unspecified atom stereocenters. The Morgan fingerprint density at radius 3 is 2.59 bits per heavy atom. The van der Waals surface area contributed by atoms with Gasteiger partial charge in [-0.2, -0.15) is 0 Å². The van der Waals surface area contributed by atoms with Gasteiger partial charge in [-0.1, -0.05) is 31.0 Å². The van der Waals surface area contributed by atoms with E-state index in [4.69, 9.17) is 4.74 Å². The normalized spacial score (nSPS) is 18.1. The summed E-state index contributed by atoms with van der Waals surface area (Å²) < 4.78 is 36.3. The first kappa shape index (κ1) is 21.0. The number of hydrogen-bond donors (Lipinski definition) is 1. The summed E-state index contributed by atoms with van der Waals surface area (Å²) in [6.07, 6.45) is 7.12. The zero-order chi connectivity index (χ0) is 22.5. The van der Waals surface area contributed by atoms with Crippen LogP contribution in [0.5, 0.6) is 5.75 Å². The lowest BCUT2D eigenvalue weighted by Gasteiger charge is -2.41. The minimum atomic E-state index is -4.09. The molecule has 2 aliphatic rings. The van der Waals surface area contributed by atoms with E-state index in [9.17, 15) is 13.2 Å². The van der Waals surface area contributed by atoms with Gasteiger partial charge in [0.05, 0.1) is 29.9 Å². The Hall–Kier alpha value is -2.87. The van der Waals surface area contributed by atoms with Crippen LogP contribution in [0.1, 0.15) is 55.6 Å². The van der Waals surface area contributed by atoms with Gasteiger partial charge in [-0.05, 0) is 55.4 Å². The van der Waals surface area contributed by atoms with Crippen LogP contribution in [-0.4, -0.2) is 31.0 Å². The Labute approximate surface area is 187 Å². The Balaban J connectivity index is 1.52. The molecular formula is C24H27N3O4S. The fourth-order valence-corrected chi connectivity index (χ4v) is 6.22. The zero-order valence-corrected chi connectivity index (χ0v) is 19.1. The van der Waals surface area contributed by atoms with Gasteiger partial charge in [0.2, 0.25) is 5.91 Å². The van der Waals surface area contributed by atoms with Crippen molar-refractivity contribution in [2.75, 3.05) is 7.11 Å². The molecule has 1 amide bonds. The number of para-hydroxylation sites is 1. The monoisotopic (exact) mass is 453 g/mol. The van der Waals surface area contributed by atoms with Gasteiger partial charge in [-0.15, -0.1) is 0 Å².